The quantitative estimate of drug-likeness (QED) is 0.862. The molecule has 5 nitrogen and oxygen atoms in total. The number of amides is 1. The van der Waals surface area contributed by atoms with Crippen molar-refractivity contribution in [3.63, 3.8) is 0 Å². The van der Waals surface area contributed by atoms with Crippen LogP contribution in [0.15, 0.2) is 34.8 Å². The first-order valence-corrected chi connectivity index (χ1v) is 7.53. The molecule has 0 saturated carbocycles. The highest BCUT2D eigenvalue weighted by Crippen LogP contribution is 2.18. The summed E-state index contributed by atoms with van der Waals surface area (Å²) in [4.78, 5) is 12.1. The number of hydrogen-bond acceptors (Lipinski definition) is 3. The number of aromatic amines is 1. The van der Waals surface area contributed by atoms with Crippen molar-refractivity contribution in [1.82, 2.24) is 10.2 Å². The molecule has 2 N–H and O–H groups in total. The summed E-state index contributed by atoms with van der Waals surface area (Å²) in [6, 6.07) is 9.17. The molecule has 0 spiro atoms. The van der Waals surface area contributed by atoms with Crippen LogP contribution in [0.5, 0.6) is 5.75 Å². The summed E-state index contributed by atoms with van der Waals surface area (Å²) >= 11 is 3.35. The van der Waals surface area contributed by atoms with Gasteiger partial charge in [0.2, 0.25) is 0 Å². The zero-order valence-corrected chi connectivity index (χ0v) is 13.8. The van der Waals surface area contributed by atoms with Crippen LogP contribution in [0, 0.1) is 0 Å². The Hall–Kier alpha value is -1.82. The van der Waals surface area contributed by atoms with Crippen molar-refractivity contribution in [2.24, 2.45) is 0 Å². The minimum Gasteiger partial charge on any atom is -0.481 e. The Kier molecular flexibility index (Phi) is 5.01. The SMILES string of the molecule is CC(Oc1ccc(Br)cc1)C(=O)Nc1cc(C(C)C)[nH]n1. The summed E-state index contributed by atoms with van der Waals surface area (Å²) in [5.41, 5.74) is 0.979. The summed E-state index contributed by atoms with van der Waals surface area (Å²) in [6.07, 6.45) is -0.606. The predicted molar refractivity (Wildman–Crippen MR) is 85.5 cm³/mol. The molecule has 2 rings (SSSR count). The van der Waals surface area contributed by atoms with E-state index >= 15 is 0 Å². The van der Waals surface area contributed by atoms with Crippen molar-refractivity contribution < 1.29 is 9.53 Å². The molecular formula is C15H18BrN3O2. The summed E-state index contributed by atoms with van der Waals surface area (Å²) in [5.74, 6) is 1.25. The maximum atomic E-state index is 12.1. The van der Waals surface area contributed by atoms with Gasteiger partial charge in [0.1, 0.15) is 5.75 Å². The van der Waals surface area contributed by atoms with Gasteiger partial charge in [0.25, 0.3) is 5.91 Å². The van der Waals surface area contributed by atoms with Crippen molar-refractivity contribution >= 4 is 27.7 Å². The van der Waals surface area contributed by atoms with Crippen LogP contribution in [-0.2, 0) is 4.79 Å². The number of H-pyrrole nitrogens is 1. The molecule has 0 aliphatic carbocycles. The van der Waals surface area contributed by atoms with Crippen LogP contribution in [0.25, 0.3) is 0 Å². The summed E-state index contributed by atoms with van der Waals surface area (Å²) in [7, 11) is 0. The molecule has 1 unspecified atom stereocenters. The molecule has 0 radical (unpaired) electrons. The molecule has 1 heterocycles. The molecule has 0 bridgehead atoms. The van der Waals surface area contributed by atoms with Crippen molar-refractivity contribution in [3.05, 3.63) is 40.5 Å². The zero-order valence-electron chi connectivity index (χ0n) is 12.2. The molecule has 6 heteroatoms. The van der Waals surface area contributed by atoms with E-state index in [0.29, 0.717) is 17.5 Å². The fraction of sp³-hybridized carbons (Fsp3) is 0.333. The third-order valence-corrected chi connectivity index (χ3v) is 3.50. The van der Waals surface area contributed by atoms with Crippen molar-refractivity contribution in [1.29, 1.82) is 0 Å². The molecule has 0 aliphatic heterocycles. The first-order valence-electron chi connectivity index (χ1n) is 6.74. The number of hydrogen-bond donors (Lipinski definition) is 2. The molecule has 0 saturated heterocycles. The van der Waals surface area contributed by atoms with Crippen LogP contribution in [0.3, 0.4) is 0 Å². The Morgan fingerprint density at radius 1 is 1.29 bits per heavy atom. The molecule has 1 amide bonds. The lowest BCUT2D eigenvalue weighted by Gasteiger charge is -2.13. The molecule has 0 fully saturated rings. The first-order chi connectivity index (χ1) is 9.95. The fourth-order valence-electron chi connectivity index (χ4n) is 1.70. The Bertz CT molecular complexity index is 608. The molecule has 1 aromatic carbocycles. The number of benzene rings is 1. The first kappa shape index (κ1) is 15.6. The van der Waals surface area contributed by atoms with E-state index in [1.54, 1.807) is 19.1 Å². The largest absolute Gasteiger partial charge is 0.481 e. The fourth-order valence-corrected chi connectivity index (χ4v) is 1.96. The number of ether oxygens (including phenoxy) is 1. The van der Waals surface area contributed by atoms with E-state index in [2.05, 4.69) is 45.3 Å². The average Bonchev–Trinajstić information content (AvgIpc) is 2.90. The van der Waals surface area contributed by atoms with Crippen LogP contribution in [0.1, 0.15) is 32.4 Å². The zero-order chi connectivity index (χ0) is 15.4. The normalized spacial score (nSPS) is 12.2. The Morgan fingerprint density at radius 2 is 1.95 bits per heavy atom. The van der Waals surface area contributed by atoms with E-state index in [0.717, 1.165) is 10.2 Å². The van der Waals surface area contributed by atoms with Gasteiger partial charge in [-0.25, -0.2) is 0 Å². The lowest BCUT2D eigenvalue weighted by atomic mass is 10.1. The van der Waals surface area contributed by atoms with Gasteiger partial charge in [0.05, 0.1) is 0 Å². The van der Waals surface area contributed by atoms with Gasteiger partial charge in [-0.2, -0.15) is 5.10 Å². The number of halogens is 1. The topological polar surface area (TPSA) is 67.0 Å². The second-order valence-electron chi connectivity index (χ2n) is 5.07. The molecule has 1 aromatic heterocycles. The van der Waals surface area contributed by atoms with Crippen LogP contribution < -0.4 is 10.1 Å². The predicted octanol–water partition coefficient (Wildman–Crippen LogP) is 3.70. The maximum absolute atomic E-state index is 12.1. The molecule has 2 aromatic rings. The summed E-state index contributed by atoms with van der Waals surface area (Å²) in [5, 5.41) is 9.69. The van der Waals surface area contributed by atoms with E-state index < -0.39 is 6.10 Å². The maximum Gasteiger partial charge on any atom is 0.266 e. The van der Waals surface area contributed by atoms with Crippen molar-refractivity contribution in [2.75, 3.05) is 5.32 Å². The van der Waals surface area contributed by atoms with Gasteiger partial charge in [-0.3, -0.25) is 9.89 Å². The van der Waals surface area contributed by atoms with E-state index in [9.17, 15) is 4.79 Å². The van der Waals surface area contributed by atoms with Gasteiger partial charge in [0.15, 0.2) is 11.9 Å². The highest BCUT2D eigenvalue weighted by atomic mass is 79.9. The second-order valence-corrected chi connectivity index (χ2v) is 5.98. The number of carbonyl (C=O) groups is 1. The van der Waals surface area contributed by atoms with E-state index in [1.807, 2.05) is 18.2 Å². The lowest BCUT2D eigenvalue weighted by Crippen LogP contribution is -2.30. The third kappa shape index (κ3) is 4.32. The van der Waals surface area contributed by atoms with Gasteiger partial charge in [-0.05, 0) is 37.1 Å². The number of aromatic nitrogens is 2. The molecule has 0 aliphatic rings. The number of carbonyl (C=O) groups excluding carboxylic acids is 1. The second kappa shape index (κ2) is 6.76. The average molecular weight is 352 g/mol. The lowest BCUT2D eigenvalue weighted by molar-refractivity contribution is -0.122. The standard InChI is InChI=1S/C15H18BrN3O2/c1-9(2)13-8-14(19-18-13)17-15(20)10(3)21-12-6-4-11(16)5-7-12/h4-10H,1-3H3,(H2,17,18,19,20). The Morgan fingerprint density at radius 3 is 2.52 bits per heavy atom. The molecule has 1 atom stereocenters. The Labute approximate surface area is 132 Å². The highest BCUT2D eigenvalue weighted by molar-refractivity contribution is 9.10. The molecular weight excluding hydrogens is 334 g/mol. The van der Waals surface area contributed by atoms with Crippen LogP contribution in [-0.4, -0.2) is 22.2 Å². The van der Waals surface area contributed by atoms with Crippen LogP contribution in [0.4, 0.5) is 5.82 Å². The van der Waals surface area contributed by atoms with E-state index in [1.165, 1.54) is 0 Å². The number of rotatable bonds is 5. The van der Waals surface area contributed by atoms with E-state index in [-0.39, 0.29) is 5.91 Å². The van der Waals surface area contributed by atoms with Crippen molar-refractivity contribution in [2.45, 2.75) is 32.8 Å². The van der Waals surface area contributed by atoms with Gasteiger partial charge in [-0.15, -0.1) is 0 Å². The minimum atomic E-state index is -0.606. The smallest absolute Gasteiger partial charge is 0.266 e. The van der Waals surface area contributed by atoms with Gasteiger partial charge < -0.3 is 10.1 Å². The molecule has 112 valence electrons. The van der Waals surface area contributed by atoms with Gasteiger partial charge in [-0.1, -0.05) is 29.8 Å². The van der Waals surface area contributed by atoms with Gasteiger partial charge in [0, 0.05) is 16.2 Å². The van der Waals surface area contributed by atoms with Crippen molar-refractivity contribution in [3.8, 4) is 5.75 Å². The summed E-state index contributed by atoms with van der Waals surface area (Å²) in [6.45, 7) is 5.81. The van der Waals surface area contributed by atoms with Crippen LogP contribution in [0.2, 0.25) is 0 Å². The van der Waals surface area contributed by atoms with Gasteiger partial charge >= 0.3 is 0 Å². The molecule has 21 heavy (non-hydrogen) atoms. The third-order valence-electron chi connectivity index (χ3n) is 2.97. The monoisotopic (exact) mass is 351 g/mol. The number of anilines is 1. The number of nitrogens with zero attached hydrogens (tertiary/aromatic N) is 1. The van der Waals surface area contributed by atoms with E-state index in [4.69, 9.17) is 4.74 Å². The van der Waals surface area contributed by atoms with Crippen LogP contribution >= 0.6 is 15.9 Å². The number of nitrogens with one attached hydrogen (secondary N) is 2. The Balaban J connectivity index is 1.94. The summed E-state index contributed by atoms with van der Waals surface area (Å²) < 4.78 is 6.55. The highest BCUT2D eigenvalue weighted by Gasteiger charge is 2.16. The minimum absolute atomic E-state index is 0.236.